The number of amides is 2. The van der Waals surface area contributed by atoms with E-state index in [4.69, 9.17) is 16.3 Å². The van der Waals surface area contributed by atoms with Gasteiger partial charge in [0.2, 0.25) is 5.91 Å². The summed E-state index contributed by atoms with van der Waals surface area (Å²) in [6.45, 7) is 8.96. The number of carbonyl (C=O) groups is 2. The van der Waals surface area contributed by atoms with Crippen molar-refractivity contribution in [3.8, 4) is 0 Å². The van der Waals surface area contributed by atoms with Crippen molar-refractivity contribution in [1.82, 2.24) is 14.8 Å². The maximum absolute atomic E-state index is 12.4. The van der Waals surface area contributed by atoms with Crippen LogP contribution >= 0.6 is 11.6 Å². The number of halogens is 1. The number of hydrogen-bond donors (Lipinski definition) is 1. The number of alkyl carbamates (subject to hydrolysis) is 1. The van der Waals surface area contributed by atoms with Gasteiger partial charge in [-0.1, -0.05) is 11.6 Å². The highest BCUT2D eigenvalue weighted by molar-refractivity contribution is 6.29. The van der Waals surface area contributed by atoms with E-state index in [1.54, 1.807) is 20.8 Å². The number of carbonyl (C=O) groups excluding carboxylic acids is 2. The normalized spacial score (nSPS) is 17.6. The second-order valence-electron chi connectivity index (χ2n) is 6.67. The third kappa shape index (κ3) is 4.41. The molecule has 0 radical (unpaired) electrons. The number of aromatic nitrogens is 1. The Morgan fingerprint density at radius 3 is 2.70 bits per heavy atom. The smallest absolute Gasteiger partial charge is 0.407 e. The number of fused-ring (bicyclic) bond motifs is 1. The minimum absolute atomic E-state index is 0.0112. The lowest BCUT2D eigenvalue weighted by molar-refractivity contribution is -0.134. The van der Waals surface area contributed by atoms with Crippen molar-refractivity contribution in [3.63, 3.8) is 0 Å². The van der Waals surface area contributed by atoms with E-state index in [9.17, 15) is 9.59 Å². The van der Waals surface area contributed by atoms with Gasteiger partial charge in [0.15, 0.2) is 0 Å². The van der Waals surface area contributed by atoms with Gasteiger partial charge in [0.05, 0.1) is 6.04 Å². The fraction of sp³-hybridized carbons (Fsp3) is 0.625. The first-order valence-electron chi connectivity index (χ1n) is 7.80. The highest BCUT2D eigenvalue weighted by atomic mass is 35.5. The molecule has 128 valence electrons. The Morgan fingerprint density at radius 2 is 2.04 bits per heavy atom. The van der Waals surface area contributed by atoms with E-state index in [-0.39, 0.29) is 24.9 Å². The zero-order chi connectivity index (χ0) is 17.2. The quantitative estimate of drug-likeness (QED) is 0.919. The Bertz CT molecular complexity index is 592. The van der Waals surface area contributed by atoms with Crippen LogP contribution in [0.4, 0.5) is 4.79 Å². The summed E-state index contributed by atoms with van der Waals surface area (Å²) in [6.07, 6.45) is -0.254. The molecule has 0 saturated heterocycles. The molecule has 0 spiro atoms. The number of ether oxygens (including phenoxy) is 1. The van der Waals surface area contributed by atoms with Gasteiger partial charge in [0.25, 0.3) is 0 Å². The molecule has 0 saturated carbocycles. The number of rotatable bonds is 3. The fourth-order valence-corrected chi connectivity index (χ4v) is 2.93. The molecule has 2 rings (SSSR count). The molecule has 0 aliphatic carbocycles. The van der Waals surface area contributed by atoms with Gasteiger partial charge in [-0.05, 0) is 39.8 Å². The first-order valence-corrected chi connectivity index (χ1v) is 8.18. The zero-order valence-corrected chi connectivity index (χ0v) is 14.8. The molecule has 2 amide bonds. The van der Waals surface area contributed by atoms with Gasteiger partial charge in [0, 0.05) is 31.7 Å². The molecule has 0 fully saturated rings. The molecule has 6 nitrogen and oxygen atoms in total. The highest BCUT2D eigenvalue weighted by Gasteiger charge is 2.28. The average Bonchev–Trinajstić information content (AvgIpc) is 2.79. The maximum Gasteiger partial charge on any atom is 0.407 e. The maximum atomic E-state index is 12.4. The molecule has 0 aromatic carbocycles. The summed E-state index contributed by atoms with van der Waals surface area (Å²) in [4.78, 5) is 25.8. The molecule has 23 heavy (non-hydrogen) atoms. The SMILES string of the molecule is C[C@@H]1c2ccc(Cl)n2CCN1C(=O)CCNC(=O)OC(C)(C)C. The summed E-state index contributed by atoms with van der Waals surface area (Å²) < 4.78 is 7.17. The topological polar surface area (TPSA) is 63.6 Å². The molecular formula is C16H24ClN3O3. The fourth-order valence-electron chi connectivity index (χ4n) is 2.69. The Kier molecular flexibility index (Phi) is 5.24. The third-order valence-corrected chi connectivity index (χ3v) is 4.08. The molecule has 0 unspecified atom stereocenters. The van der Waals surface area contributed by atoms with Crippen molar-refractivity contribution in [2.75, 3.05) is 13.1 Å². The molecular weight excluding hydrogens is 318 g/mol. The number of nitrogens with one attached hydrogen (secondary N) is 1. The van der Waals surface area contributed by atoms with Crippen LogP contribution in [-0.2, 0) is 16.1 Å². The van der Waals surface area contributed by atoms with Crippen LogP contribution in [0.25, 0.3) is 0 Å². The lowest BCUT2D eigenvalue weighted by Crippen LogP contribution is -2.42. The lowest BCUT2D eigenvalue weighted by Gasteiger charge is -2.35. The molecule has 1 aromatic rings. The lowest BCUT2D eigenvalue weighted by atomic mass is 10.1. The van der Waals surface area contributed by atoms with E-state index in [1.807, 2.05) is 28.5 Å². The van der Waals surface area contributed by atoms with Crippen molar-refractivity contribution in [3.05, 3.63) is 23.0 Å². The molecule has 1 aromatic heterocycles. The van der Waals surface area contributed by atoms with Crippen LogP contribution in [0.2, 0.25) is 5.15 Å². The molecule has 1 N–H and O–H groups in total. The predicted molar refractivity (Wildman–Crippen MR) is 88.4 cm³/mol. The summed E-state index contributed by atoms with van der Waals surface area (Å²) in [7, 11) is 0. The molecule has 0 bridgehead atoms. The van der Waals surface area contributed by atoms with Gasteiger partial charge in [0.1, 0.15) is 10.8 Å². The standard InChI is InChI=1S/C16H24ClN3O3/c1-11-12-5-6-13(17)20(12)10-9-19(11)14(21)7-8-18-15(22)23-16(2,3)4/h5-6,11H,7-10H2,1-4H3,(H,18,22)/t11-/m1/s1. The van der Waals surface area contributed by atoms with Crippen LogP contribution < -0.4 is 5.32 Å². The minimum Gasteiger partial charge on any atom is -0.444 e. The van der Waals surface area contributed by atoms with Gasteiger partial charge >= 0.3 is 6.09 Å². The molecule has 2 heterocycles. The molecule has 7 heteroatoms. The van der Waals surface area contributed by atoms with Crippen molar-refractivity contribution in [2.45, 2.75) is 52.3 Å². The summed E-state index contributed by atoms with van der Waals surface area (Å²) in [6, 6.07) is 3.78. The second kappa shape index (κ2) is 6.83. The van der Waals surface area contributed by atoms with E-state index in [0.29, 0.717) is 18.2 Å². The number of nitrogens with zero attached hydrogens (tertiary/aromatic N) is 2. The van der Waals surface area contributed by atoms with E-state index in [1.165, 1.54) is 0 Å². The van der Waals surface area contributed by atoms with Crippen LogP contribution in [0.15, 0.2) is 12.1 Å². The van der Waals surface area contributed by atoms with Crippen molar-refractivity contribution in [1.29, 1.82) is 0 Å². The summed E-state index contributed by atoms with van der Waals surface area (Å²) in [5.74, 6) is 0.0112. The van der Waals surface area contributed by atoms with Crippen LogP contribution in [0.3, 0.4) is 0 Å². The third-order valence-electron chi connectivity index (χ3n) is 3.75. The molecule has 1 aliphatic rings. The molecule has 1 aliphatic heterocycles. The zero-order valence-electron chi connectivity index (χ0n) is 14.1. The van der Waals surface area contributed by atoms with Crippen LogP contribution in [0.5, 0.6) is 0 Å². The number of hydrogen-bond acceptors (Lipinski definition) is 3. The van der Waals surface area contributed by atoms with E-state index in [0.717, 1.165) is 5.69 Å². The summed E-state index contributed by atoms with van der Waals surface area (Å²) >= 11 is 6.12. The first-order chi connectivity index (χ1) is 10.7. The van der Waals surface area contributed by atoms with Gasteiger partial charge in [-0.3, -0.25) is 4.79 Å². The van der Waals surface area contributed by atoms with E-state index < -0.39 is 11.7 Å². The van der Waals surface area contributed by atoms with Crippen molar-refractivity contribution < 1.29 is 14.3 Å². The Labute approximate surface area is 141 Å². The average molecular weight is 342 g/mol. The Morgan fingerprint density at radius 1 is 1.35 bits per heavy atom. The monoisotopic (exact) mass is 341 g/mol. The van der Waals surface area contributed by atoms with Crippen LogP contribution in [0.1, 0.15) is 45.9 Å². The van der Waals surface area contributed by atoms with Crippen LogP contribution in [0, 0.1) is 0 Å². The summed E-state index contributed by atoms with van der Waals surface area (Å²) in [5.41, 5.74) is 0.495. The van der Waals surface area contributed by atoms with Crippen LogP contribution in [-0.4, -0.2) is 40.2 Å². The predicted octanol–water partition coefficient (Wildman–Crippen LogP) is 2.96. The second-order valence-corrected chi connectivity index (χ2v) is 7.06. The Hall–Kier alpha value is -1.69. The van der Waals surface area contributed by atoms with Gasteiger partial charge < -0.3 is 19.5 Å². The highest BCUT2D eigenvalue weighted by Crippen LogP contribution is 2.29. The van der Waals surface area contributed by atoms with E-state index >= 15 is 0 Å². The Balaban J connectivity index is 1.84. The van der Waals surface area contributed by atoms with Crippen molar-refractivity contribution in [2.24, 2.45) is 0 Å². The van der Waals surface area contributed by atoms with Gasteiger partial charge in [-0.2, -0.15) is 0 Å². The van der Waals surface area contributed by atoms with Gasteiger partial charge in [-0.25, -0.2) is 4.79 Å². The largest absolute Gasteiger partial charge is 0.444 e. The minimum atomic E-state index is -0.542. The van der Waals surface area contributed by atoms with Crippen molar-refractivity contribution >= 4 is 23.6 Å². The van der Waals surface area contributed by atoms with Gasteiger partial charge in [-0.15, -0.1) is 0 Å². The summed E-state index contributed by atoms with van der Waals surface area (Å²) in [5, 5.41) is 3.31. The first kappa shape index (κ1) is 17.7. The van der Waals surface area contributed by atoms with E-state index in [2.05, 4.69) is 5.32 Å². The molecule has 1 atom stereocenters.